The molecule has 0 aliphatic rings. The van der Waals surface area contributed by atoms with Crippen LogP contribution in [0.1, 0.15) is 35.4 Å². The number of primary sulfonamides is 1. The highest BCUT2D eigenvalue weighted by atomic mass is 32.2. The molecule has 0 fully saturated rings. The maximum Gasteiger partial charge on any atom is 0.433 e. The number of nitrogens with two attached hydrogens (primary N) is 1. The van der Waals surface area contributed by atoms with Gasteiger partial charge >= 0.3 is 6.18 Å². The van der Waals surface area contributed by atoms with Crippen molar-refractivity contribution >= 4 is 21.6 Å². The van der Waals surface area contributed by atoms with Crippen LogP contribution in [0.3, 0.4) is 0 Å². The van der Waals surface area contributed by atoms with E-state index in [1.54, 1.807) is 0 Å². The summed E-state index contributed by atoms with van der Waals surface area (Å²) in [7, 11) is -3.53. The van der Waals surface area contributed by atoms with Gasteiger partial charge in [-0.15, -0.1) is 0 Å². The van der Waals surface area contributed by atoms with Gasteiger partial charge in [-0.1, -0.05) is 12.1 Å². The molecule has 0 bridgehead atoms. The van der Waals surface area contributed by atoms with Gasteiger partial charge in [0.05, 0.1) is 12.2 Å². The number of nitrogens with zero attached hydrogens (tertiary/aromatic N) is 1. The van der Waals surface area contributed by atoms with Crippen molar-refractivity contribution in [3.8, 4) is 0 Å². The fourth-order valence-corrected chi connectivity index (χ4v) is 3.21. The van der Waals surface area contributed by atoms with E-state index >= 15 is 0 Å². The van der Waals surface area contributed by atoms with Crippen molar-refractivity contribution in [1.82, 2.24) is 10.3 Å². The van der Waals surface area contributed by atoms with E-state index in [9.17, 15) is 30.8 Å². The zero-order valence-corrected chi connectivity index (χ0v) is 16.7. The summed E-state index contributed by atoms with van der Waals surface area (Å²) in [6.45, 7) is 2.90. The third kappa shape index (κ3) is 6.23. The Morgan fingerprint density at radius 3 is 2.41 bits per heavy atom. The molecule has 3 N–H and O–H groups in total. The number of hydrogen-bond donors (Lipinski definition) is 2. The number of hydrogen-bond acceptors (Lipinski definition) is 4. The van der Waals surface area contributed by atoms with Crippen molar-refractivity contribution in [1.29, 1.82) is 0 Å². The van der Waals surface area contributed by atoms with E-state index in [1.807, 2.05) is 0 Å². The number of pyridine rings is 1. The first-order chi connectivity index (χ1) is 13.3. The number of halogens is 4. The maximum atomic E-state index is 14.1. The summed E-state index contributed by atoms with van der Waals surface area (Å²) in [6, 6.07) is 5.86. The summed E-state index contributed by atoms with van der Waals surface area (Å²) in [5.74, 6) is -2.02. The fourth-order valence-electron chi connectivity index (χ4n) is 2.56. The average Bonchev–Trinajstić information content (AvgIpc) is 2.59. The van der Waals surface area contributed by atoms with E-state index in [2.05, 4.69) is 10.3 Å². The Morgan fingerprint density at radius 2 is 1.90 bits per heavy atom. The topological polar surface area (TPSA) is 92.7 Å². The Kier molecular flexibility index (Phi) is 6.63. The smallest absolute Gasteiger partial charge is 0.351 e. The van der Waals surface area contributed by atoms with Crippen molar-refractivity contribution in [3.63, 3.8) is 0 Å². The highest BCUT2D eigenvalue weighted by molar-refractivity contribution is 7.84. The summed E-state index contributed by atoms with van der Waals surface area (Å²) < 4.78 is 75.4. The van der Waals surface area contributed by atoms with E-state index in [1.165, 1.54) is 32.0 Å². The molecule has 0 aliphatic carbocycles. The van der Waals surface area contributed by atoms with Crippen LogP contribution in [-0.4, -0.2) is 25.6 Å². The van der Waals surface area contributed by atoms with Gasteiger partial charge in [0.15, 0.2) is 11.5 Å². The lowest BCUT2D eigenvalue weighted by atomic mass is 9.99. The average molecular weight is 434 g/mol. The van der Waals surface area contributed by atoms with E-state index in [4.69, 9.17) is 0 Å². The van der Waals surface area contributed by atoms with Gasteiger partial charge in [-0.25, -0.2) is 14.1 Å². The second-order valence-corrected chi connectivity index (χ2v) is 8.50. The number of carbonyl (C=O) groups excluding carboxylic acids is 1. The Morgan fingerprint density at radius 1 is 1.24 bits per heavy atom. The van der Waals surface area contributed by atoms with Crippen LogP contribution < -0.4 is 10.0 Å². The standard InChI is InChI=1S/C18H19F4N3O3S/c1-10(12-4-6-15(14(19)8-12)25-29(3,27)28)17(26)23-9-13-5-7-16(18(20,21)22)24-11(13)2/h4-8,10,25H,9H2,1-3H3,(H,23,26)/p+1. The number of quaternary nitrogens is 1. The molecule has 0 spiro atoms. The minimum Gasteiger partial charge on any atom is -0.351 e. The number of rotatable bonds is 6. The SMILES string of the molecule is Cc1nc(C(F)(F)F)ccc1CNC(=O)C(C)c1ccc([NH2+]S(C)(=O)=O)c(F)c1. The van der Waals surface area contributed by atoms with Gasteiger partial charge in [-0.2, -0.15) is 21.6 Å². The first kappa shape index (κ1) is 22.8. The minimum atomic E-state index is -4.55. The third-order valence-corrected chi connectivity index (χ3v) is 4.88. The van der Waals surface area contributed by atoms with Crippen LogP contribution in [0.5, 0.6) is 0 Å². The molecule has 2 rings (SSSR count). The molecule has 0 saturated heterocycles. The van der Waals surface area contributed by atoms with Crippen molar-refractivity contribution in [3.05, 3.63) is 58.7 Å². The zero-order chi connectivity index (χ0) is 22.0. The summed E-state index contributed by atoms with van der Waals surface area (Å²) >= 11 is 0. The predicted molar refractivity (Wildman–Crippen MR) is 97.1 cm³/mol. The number of sulfonamides is 1. The Bertz CT molecular complexity index is 1020. The Balaban J connectivity index is 2.07. The van der Waals surface area contributed by atoms with E-state index in [0.29, 0.717) is 11.1 Å². The van der Waals surface area contributed by atoms with Crippen molar-refractivity contribution < 1.29 is 35.5 Å². The molecule has 29 heavy (non-hydrogen) atoms. The van der Waals surface area contributed by atoms with Crippen LogP contribution in [0.25, 0.3) is 0 Å². The zero-order valence-electron chi connectivity index (χ0n) is 15.8. The van der Waals surface area contributed by atoms with Gasteiger partial charge < -0.3 is 5.32 Å². The Labute approximate surface area is 165 Å². The minimum absolute atomic E-state index is 0.0391. The number of carbonyl (C=O) groups is 1. The number of alkyl halides is 3. The molecule has 6 nitrogen and oxygen atoms in total. The van der Waals surface area contributed by atoms with E-state index in [0.717, 1.165) is 23.1 Å². The molecule has 1 aromatic heterocycles. The first-order valence-electron chi connectivity index (χ1n) is 8.43. The third-order valence-electron chi connectivity index (χ3n) is 4.20. The highest BCUT2D eigenvalue weighted by Gasteiger charge is 2.32. The van der Waals surface area contributed by atoms with Gasteiger partial charge in [-0.3, -0.25) is 4.79 Å². The maximum absolute atomic E-state index is 14.1. The van der Waals surface area contributed by atoms with Gasteiger partial charge in [0.1, 0.15) is 5.69 Å². The molecule has 1 amide bonds. The number of benzene rings is 1. The van der Waals surface area contributed by atoms with Crippen LogP contribution in [0.15, 0.2) is 30.3 Å². The first-order valence-corrected chi connectivity index (χ1v) is 10.4. The van der Waals surface area contributed by atoms with Crippen LogP contribution >= 0.6 is 0 Å². The summed E-state index contributed by atoms with van der Waals surface area (Å²) in [5, 5.41) is 2.58. The monoisotopic (exact) mass is 434 g/mol. The molecule has 1 aromatic carbocycles. The molecule has 0 saturated carbocycles. The summed E-state index contributed by atoms with van der Waals surface area (Å²) in [4.78, 5) is 15.8. The molecule has 0 aliphatic heterocycles. The van der Waals surface area contributed by atoms with Crippen LogP contribution in [0.2, 0.25) is 0 Å². The molecule has 0 radical (unpaired) electrons. The number of aryl methyl sites for hydroxylation is 1. The molecular weight excluding hydrogens is 414 g/mol. The van der Waals surface area contributed by atoms with Gasteiger partial charge in [0, 0.05) is 18.3 Å². The van der Waals surface area contributed by atoms with E-state index < -0.39 is 39.5 Å². The van der Waals surface area contributed by atoms with Gasteiger partial charge in [0.25, 0.3) is 10.0 Å². The molecule has 1 heterocycles. The lowest BCUT2D eigenvalue weighted by Gasteiger charge is -2.15. The summed E-state index contributed by atoms with van der Waals surface area (Å²) in [5.41, 5.74) is -0.245. The Hall–Kier alpha value is -2.53. The molecule has 158 valence electrons. The lowest BCUT2D eigenvalue weighted by molar-refractivity contribution is -0.399. The molecule has 1 unspecified atom stereocenters. The molecular formula is C18H20F4N3O3S+. The second-order valence-electron chi connectivity index (χ2n) is 6.61. The quantitative estimate of drug-likeness (QED) is 0.538. The van der Waals surface area contributed by atoms with Crippen LogP contribution in [0, 0.1) is 12.7 Å². The number of aromatic nitrogens is 1. The molecule has 2 aromatic rings. The predicted octanol–water partition coefficient (Wildman–Crippen LogP) is 2.12. The van der Waals surface area contributed by atoms with Gasteiger partial charge in [0.2, 0.25) is 5.91 Å². The number of amides is 1. The van der Waals surface area contributed by atoms with Gasteiger partial charge in [-0.05, 0) is 37.1 Å². The van der Waals surface area contributed by atoms with Crippen molar-refractivity contribution in [2.45, 2.75) is 32.5 Å². The fraction of sp³-hybridized carbons (Fsp3) is 0.333. The van der Waals surface area contributed by atoms with E-state index in [-0.39, 0.29) is 17.9 Å². The molecule has 1 atom stereocenters. The van der Waals surface area contributed by atoms with Crippen LogP contribution in [0.4, 0.5) is 23.2 Å². The molecule has 11 heteroatoms. The highest BCUT2D eigenvalue weighted by Crippen LogP contribution is 2.28. The summed E-state index contributed by atoms with van der Waals surface area (Å²) in [6.07, 6.45) is -3.61. The lowest BCUT2D eigenvalue weighted by Crippen LogP contribution is -2.81. The normalized spacial score (nSPS) is 13.2. The second kappa shape index (κ2) is 8.46. The van der Waals surface area contributed by atoms with Crippen LogP contribution in [-0.2, 0) is 27.5 Å². The van der Waals surface area contributed by atoms with Crippen molar-refractivity contribution in [2.75, 3.05) is 6.26 Å². The number of nitrogens with one attached hydrogen (secondary N) is 1. The van der Waals surface area contributed by atoms with Crippen molar-refractivity contribution in [2.24, 2.45) is 0 Å². The largest absolute Gasteiger partial charge is 0.433 e.